The maximum absolute atomic E-state index is 11.9. The molecule has 1 amide bonds. The molecule has 2 aromatic carbocycles. The molecule has 0 spiro atoms. The van der Waals surface area contributed by atoms with E-state index in [1.165, 1.54) is 36.4 Å². The summed E-state index contributed by atoms with van der Waals surface area (Å²) in [4.78, 5) is 11.5. The van der Waals surface area contributed by atoms with Gasteiger partial charge in [-0.2, -0.15) is 0 Å². The van der Waals surface area contributed by atoms with E-state index >= 15 is 0 Å². The molecule has 0 radical (unpaired) electrons. The second-order valence-electron chi connectivity index (χ2n) is 3.76. The van der Waals surface area contributed by atoms with Crippen LogP contribution < -0.4 is 9.46 Å². The third-order valence-corrected chi connectivity index (χ3v) is 3.88. The van der Waals surface area contributed by atoms with Gasteiger partial charge in [-0.1, -0.05) is 29.8 Å². The molecule has 20 heavy (non-hydrogen) atoms. The van der Waals surface area contributed by atoms with Gasteiger partial charge in [0.15, 0.2) is 0 Å². The summed E-state index contributed by atoms with van der Waals surface area (Å²) in [7, 11) is -3.98. The average Bonchev–Trinajstić information content (AvgIpc) is 2.39. The van der Waals surface area contributed by atoms with Crippen LogP contribution in [-0.2, 0) is 10.0 Å². The number of carbonyl (C=O) groups is 1. The van der Waals surface area contributed by atoms with Gasteiger partial charge in [-0.25, -0.2) is 17.9 Å². The second-order valence-corrected chi connectivity index (χ2v) is 5.88. The molecular weight excluding hydrogens is 302 g/mol. The van der Waals surface area contributed by atoms with Crippen LogP contribution in [0, 0.1) is 0 Å². The number of amides is 1. The van der Waals surface area contributed by atoms with Crippen molar-refractivity contribution in [2.24, 2.45) is 0 Å². The molecule has 0 saturated carbocycles. The van der Waals surface area contributed by atoms with E-state index in [9.17, 15) is 13.2 Å². The minimum Gasteiger partial charge on any atom is -0.410 e. The fourth-order valence-electron chi connectivity index (χ4n) is 1.40. The Kier molecular flexibility index (Phi) is 4.26. The molecule has 0 saturated heterocycles. The first-order valence-corrected chi connectivity index (χ1v) is 7.39. The summed E-state index contributed by atoms with van der Waals surface area (Å²) in [6.07, 6.45) is -1.08. The van der Waals surface area contributed by atoms with E-state index in [2.05, 4.69) is 0 Å². The molecule has 104 valence electrons. The van der Waals surface area contributed by atoms with Crippen molar-refractivity contribution in [2.45, 2.75) is 4.90 Å². The van der Waals surface area contributed by atoms with Gasteiger partial charge in [0.05, 0.1) is 4.90 Å². The van der Waals surface area contributed by atoms with Crippen LogP contribution in [0.2, 0.25) is 5.02 Å². The molecule has 0 aliphatic rings. The molecule has 7 heteroatoms. The third-order valence-electron chi connectivity index (χ3n) is 2.30. The largest absolute Gasteiger partial charge is 0.426 e. The monoisotopic (exact) mass is 311 g/mol. The van der Waals surface area contributed by atoms with Gasteiger partial charge in [-0.15, -0.1) is 0 Å². The summed E-state index contributed by atoms with van der Waals surface area (Å²) in [5, 5.41) is 0.399. The zero-order valence-electron chi connectivity index (χ0n) is 10.1. The fourth-order valence-corrected chi connectivity index (χ4v) is 2.40. The topological polar surface area (TPSA) is 72.5 Å². The highest BCUT2D eigenvalue weighted by molar-refractivity contribution is 7.90. The van der Waals surface area contributed by atoms with Crippen LogP contribution in [-0.4, -0.2) is 14.5 Å². The van der Waals surface area contributed by atoms with Gasteiger partial charge in [0.25, 0.3) is 10.0 Å². The van der Waals surface area contributed by atoms with Crippen molar-refractivity contribution in [1.82, 2.24) is 4.72 Å². The Morgan fingerprint density at radius 2 is 1.60 bits per heavy atom. The molecule has 0 bridgehead atoms. The summed E-state index contributed by atoms with van der Waals surface area (Å²) >= 11 is 5.67. The first-order chi connectivity index (χ1) is 9.47. The van der Waals surface area contributed by atoms with E-state index in [0.717, 1.165) is 0 Å². The first kappa shape index (κ1) is 14.4. The van der Waals surface area contributed by atoms with Crippen molar-refractivity contribution in [3.63, 3.8) is 0 Å². The van der Waals surface area contributed by atoms with Crippen LogP contribution in [0.4, 0.5) is 4.79 Å². The van der Waals surface area contributed by atoms with Crippen LogP contribution in [0.1, 0.15) is 0 Å². The van der Waals surface area contributed by atoms with Crippen LogP contribution >= 0.6 is 11.6 Å². The molecule has 0 aliphatic heterocycles. The van der Waals surface area contributed by atoms with Gasteiger partial charge in [0.1, 0.15) is 5.75 Å². The number of carbonyl (C=O) groups excluding carboxylic acids is 1. The van der Waals surface area contributed by atoms with Gasteiger partial charge in [-0.3, -0.25) is 0 Å². The summed E-state index contributed by atoms with van der Waals surface area (Å²) in [6.45, 7) is 0. The highest BCUT2D eigenvalue weighted by Crippen LogP contribution is 2.14. The van der Waals surface area contributed by atoms with Crippen molar-refractivity contribution in [1.29, 1.82) is 0 Å². The minimum absolute atomic E-state index is 0.0769. The predicted octanol–water partition coefficient (Wildman–Crippen LogP) is 2.82. The van der Waals surface area contributed by atoms with Crippen molar-refractivity contribution in [3.05, 3.63) is 59.6 Å². The van der Waals surface area contributed by atoms with Crippen LogP contribution in [0.15, 0.2) is 59.5 Å². The van der Waals surface area contributed by atoms with Crippen LogP contribution in [0.25, 0.3) is 0 Å². The lowest BCUT2D eigenvalue weighted by Crippen LogP contribution is -2.32. The lowest BCUT2D eigenvalue weighted by Gasteiger charge is -2.07. The number of ether oxygens (including phenoxy) is 1. The number of hydrogen-bond donors (Lipinski definition) is 1. The van der Waals surface area contributed by atoms with Crippen LogP contribution in [0.5, 0.6) is 5.75 Å². The normalized spacial score (nSPS) is 10.8. The van der Waals surface area contributed by atoms with Crippen molar-refractivity contribution >= 4 is 27.7 Å². The number of rotatable bonds is 3. The fraction of sp³-hybridized carbons (Fsp3) is 0. The Morgan fingerprint density at radius 1 is 1.00 bits per heavy atom. The molecule has 5 nitrogen and oxygen atoms in total. The maximum atomic E-state index is 11.9. The van der Waals surface area contributed by atoms with E-state index in [1.54, 1.807) is 18.2 Å². The number of halogens is 1. The highest BCUT2D eigenvalue weighted by Gasteiger charge is 2.18. The van der Waals surface area contributed by atoms with Gasteiger partial charge < -0.3 is 4.74 Å². The number of hydrogen-bond acceptors (Lipinski definition) is 4. The SMILES string of the molecule is O=C(NS(=O)(=O)c1ccc(Cl)cc1)Oc1ccccc1. The van der Waals surface area contributed by atoms with E-state index < -0.39 is 16.1 Å². The van der Waals surface area contributed by atoms with Gasteiger partial charge in [0, 0.05) is 5.02 Å². The minimum atomic E-state index is -3.98. The molecule has 1 N–H and O–H groups in total. The summed E-state index contributed by atoms with van der Waals surface area (Å²) in [6, 6.07) is 13.6. The zero-order chi connectivity index (χ0) is 14.6. The molecule has 0 heterocycles. The van der Waals surface area contributed by atoms with E-state index in [0.29, 0.717) is 5.02 Å². The average molecular weight is 312 g/mol. The Hall–Kier alpha value is -2.05. The molecule has 0 fully saturated rings. The smallest absolute Gasteiger partial charge is 0.410 e. The zero-order valence-corrected chi connectivity index (χ0v) is 11.7. The number of benzene rings is 2. The van der Waals surface area contributed by atoms with E-state index in [-0.39, 0.29) is 10.6 Å². The molecule has 2 aromatic rings. The Bertz CT molecular complexity index is 699. The van der Waals surface area contributed by atoms with Crippen molar-refractivity contribution in [2.75, 3.05) is 0 Å². The number of sulfonamides is 1. The molecular formula is C13H10ClNO4S. The van der Waals surface area contributed by atoms with Gasteiger partial charge in [0.2, 0.25) is 0 Å². The van der Waals surface area contributed by atoms with Crippen molar-refractivity contribution in [3.8, 4) is 5.75 Å². The predicted molar refractivity (Wildman–Crippen MR) is 74.2 cm³/mol. The number of para-hydroxylation sites is 1. The summed E-state index contributed by atoms with van der Waals surface area (Å²) in [5.74, 6) is 0.247. The summed E-state index contributed by atoms with van der Waals surface area (Å²) in [5.41, 5.74) is 0. The first-order valence-electron chi connectivity index (χ1n) is 5.52. The van der Waals surface area contributed by atoms with Crippen molar-refractivity contribution < 1.29 is 17.9 Å². The van der Waals surface area contributed by atoms with E-state index in [1.807, 2.05) is 4.72 Å². The lowest BCUT2D eigenvalue weighted by molar-refractivity contribution is 0.207. The highest BCUT2D eigenvalue weighted by atomic mass is 35.5. The molecule has 0 atom stereocenters. The lowest BCUT2D eigenvalue weighted by atomic mass is 10.3. The van der Waals surface area contributed by atoms with Gasteiger partial charge >= 0.3 is 6.09 Å². The molecule has 2 rings (SSSR count). The standard InChI is InChI=1S/C13H10ClNO4S/c14-10-6-8-12(9-7-10)20(17,18)15-13(16)19-11-4-2-1-3-5-11/h1-9H,(H,15,16). The quantitative estimate of drug-likeness (QED) is 0.946. The maximum Gasteiger partial charge on any atom is 0.426 e. The number of nitrogens with one attached hydrogen (secondary N) is 1. The van der Waals surface area contributed by atoms with Crippen LogP contribution in [0.3, 0.4) is 0 Å². The molecule has 0 unspecified atom stereocenters. The summed E-state index contributed by atoms with van der Waals surface area (Å²) < 4.78 is 30.4. The van der Waals surface area contributed by atoms with E-state index in [4.69, 9.17) is 16.3 Å². The Balaban J connectivity index is 2.08. The van der Waals surface area contributed by atoms with Gasteiger partial charge in [-0.05, 0) is 36.4 Å². The molecule has 0 aromatic heterocycles. The Morgan fingerprint density at radius 3 is 2.20 bits per heavy atom. The molecule has 0 aliphatic carbocycles. The third kappa shape index (κ3) is 3.72. The second kappa shape index (κ2) is 5.94. The Labute approximate surface area is 121 Å².